The normalized spacial score (nSPS) is 10.2. The number of nitrogens with one attached hydrogen (secondary N) is 1. The highest BCUT2D eigenvalue weighted by Gasteiger charge is 2.09. The van der Waals surface area contributed by atoms with Crippen LogP contribution < -0.4 is 5.32 Å². The number of carbonyl (C=O) groups is 2. The van der Waals surface area contributed by atoms with Crippen molar-refractivity contribution in [1.29, 1.82) is 0 Å². The van der Waals surface area contributed by atoms with Crippen LogP contribution in [0, 0.1) is 0 Å². The van der Waals surface area contributed by atoms with Crippen LogP contribution in [-0.2, 0) is 11.2 Å². The van der Waals surface area contributed by atoms with Gasteiger partial charge in [-0.2, -0.15) is 0 Å². The number of aromatic nitrogens is 1. The lowest BCUT2D eigenvalue weighted by Crippen LogP contribution is -2.16. The molecule has 7 heteroatoms. The van der Waals surface area contributed by atoms with Crippen LogP contribution in [0.4, 0.5) is 5.82 Å². The van der Waals surface area contributed by atoms with Crippen LogP contribution in [0.25, 0.3) is 0 Å². The first kappa shape index (κ1) is 15.3. The smallest absolute Gasteiger partial charge is 0.354 e. The van der Waals surface area contributed by atoms with Crippen molar-refractivity contribution in [2.24, 2.45) is 0 Å². The van der Waals surface area contributed by atoms with Crippen LogP contribution in [-0.4, -0.2) is 22.0 Å². The molecule has 0 bridgehead atoms. The number of rotatable bonds is 4. The molecule has 1 aromatic heterocycles. The van der Waals surface area contributed by atoms with Crippen molar-refractivity contribution in [1.82, 2.24) is 4.98 Å². The first-order valence-corrected chi connectivity index (χ1v) is 6.65. The quantitative estimate of drug-likeness (QED) is 0.904. The summed E-state index contributed by atoms with van der Waals surface area (Å²) in [7, 11) is 0. The summed E-state index contributed by atoms with van der Waals surface area (Å²) >= 11 is 11.7. The molecule has 0 atom stereocenters. The Labute approximate surface area is 130 Å². The van der Waals surface area contributed by atoms with E-state index in [2.05, 4.69) is 10.3 Å². The predicted molar refractivity (Wildman–Crippen MR) is 80.0 cm³/mol. The number of aromatic carboxylic acids is 1. The first-order valence-electron chi connectivity index (χ1n) is 5.90. The molecule has 0 aliphatic carbocycles. The topological polar surface area (TPSA) is 79.3 Å². The van der Waals surface area contributed by atoms with Crippen LogP contribution in [0.2, 0.25) is 10.0 Å². The number of hydrogen-bond acceptors (Lipinski definition) is 3. The average molecular weight is 325 g/mol. The van der Waals surface area contributed by atoms with Crippen molar-refractivity contribution in [3.8, 4) is 0 Å². The van der Waals surface area contributed by atoms with Gasteiger partial charge in [-0.05, 0) is 29.8 Å². The lowest BCUT2D eigenvalue weighted by atomic mass is 10.1. The van der Waals surface area contributed by atoms with E-state index in [1.807, 2.05) is 0 Å². The number of amides is 1. The Hall–Kier alpha value is -2.11. The zero-order valence-corrected chi connectivity index (χ0v) is 12.1. The second-order valence-electron chi connectivity index (χ2n) is 4.19. The van der Waals surface area contributed by atoms with Gasteiger partial charge in [-0.15, -0.1) is 0 Å². The fraction of sp³-hybridized carbons (Fsp3) is 0.0714. The molecule has 0 saturated heterocycles. The summed E-state index contributed by atoms with van der Waals surface area (Å²) in [6.45, 7) is 0. The monoisotopic (exact) mass is 324 g/mol. The average Bonchev–Trinajstić information content (AvgIpc) is 2.43. The number of carboxylic acid groups (broad SMARTS) is 1. The van der Waals surface area contributed by atoms with Crippen molar-refractivity contribution in [3.63, 3.8) is 0 Å². The van der Waals surface area contributed by atoms with Gasteiger partial charge in [0, 0.05) is 0 Å². The van der Waals surface area contributed by atoms with E-state index in [9.17, 15) is 9.59 Å². The maximum absolute atomic E-state index is 11.9. The van der Waals surface area contributed by atoms with Crippen LogP contribution in [0.1, 0.15) is 16.1 Å². The summed E-state index contributed by atoms with van der Waals surface area (Å²) in [4.78, 5) is 26.5. The minimum Gasteiger partial charge on any atom is -0.477 e. The highest BCUT2D eigenvalue weighted by molar-refractivity contribution is 6.42. The highest BCUT2D eigenvalue weighted by Crippen LogP contribution is 2.22. The van der Waals surface area contributed by atoms with E-state index in [0.29, 0.717) is 15.6 Å². The van der Waals surface area contributed by atoms with Crippen LogP contribution in [0.5, 0.6) is 0 Å². The molecule has 2 N–H and O–H groups in total. The van der Waals surface area contributed by atoms with Crippen molar-refractivity contribution >= 4 is 40.9 Å². The Bertz CT molecular complexity index is 704. The van der Waals surface area contributed by atoms with Gasteiger partial charge < -0.3 is 10.4 Å². The van der Waals surface area contributed by atoms with Crippen LogP contribution in [0.15, 0.2) is 36.4 Å². The summed E-state index contributed by atoms with van der Waals surface area (Å²) in [5.41, 5.74) is 0.554. The standard InChI is InChI=1S/C14H10Cl2N2O3/c15-9-5-4-8(6-10(9)16)7-13(19)18-12-3-1-2-11(17-12)14(20)21/h1-6H,7H2,(H,20,21)(H,17,18,19). The molecule has 2 rings (SSSR count). The molecule has 1 heterocycles. The predicted octanol–water partition coefficient (Wildman–Crippen LogP) is 3.27. The molecule has 0 aliphatic heterocycles. The summed E-state index contributed by atoms with van der Waals surface area (Å²) in [6, 6.07) is 9.26. The van der Waals surface area contributed by atoms with E-state index in [1.165, 1.54) is 18.2 Å². The molecule has 0 radical (unpaired) electrons. The maximum Gasteiger partial charge on any atom is 0.354 e. The number of hydrogen-bond donors (Lipinski definition) is 2. The van der Waals surface area contributed by atoms with Gasteiger partial charge in [-0.25, -0.2) is 9.78 Å². The molecule has 0 spiro atoms. The van der Waals surface area contributed by atoms with Gasteiger partial charge in [0.2, 0.25) is 5.91 Å². The summed E-state index contributed by atoms with van der Waals surface area (Å²) in [6.07, 6.45) is 0.0792. The van der Waals surface area contributed by atoms with E-state index in [0.717, 1.165) is 0 Å². The first-order chi connectivity index (χ1) is 9.95. The molecule has 21 heavy (non-hydrogen) atoms. The van der Waals surface area contributed by atoms with E-state index in [4.69, 9.17) is 28.3 Å². The second kappa shape index (κ2) is 6.56. The number of benzene rings is 1. The summed E-state index contributed by atoms with van der Waals surface area (Å²) in [5.74, 6) is -1.31. The fourth-order valence-corrected chi connectivity index (χ4v) is 1.97. The van der Waals surface area contributed by atoms with Crippen molar-refractivity contribution in [3.05, 3.63) is 57.7 Å². The third kappa shape index (κ3) is 4.18. The molecular weight excluding hydrogens is 315 g/mol. The number of halogens is 2. The van der Waals surface area contributed by atoms with Crippen LogP contribution >= 0.6 is 23.2 Å². The van der Waals surface area contributed by atoms with E-state index in [1.54, 1.807) is 18.2 Å². The van der Waals surface area contributed by atoms with Crippen LogP contribution in [0.3, 0.4) is 0 Å². The lowest BCUT2D eigenvalue weighted by Gasteiger charge is -2.06. The fourth-order valence-electron chi connectivity index (χ4n) is 1.65. The Morgan fingerprint density at radius 1 is 1.14 bits per heavy atom. The highest BCUT2D eigenvalue weighted by atomic mass is 35.5. The number of carboxylic acids is 1. The van der Waals surface area contributed by atoms with Gasteiger partial charge in [-0.3, -0.25) is 4.79 Å². The molecule has 2 aromatic rings. The third-order valence-electron chi connectivity index (χ3n) is 2.58. The minimum absolute atomic E-state index is 0.0792. The van der Waals surface area contributed by atoms with E-state index >= 15 is 0 Å². The molecule has 0 saturated carbocycles. The van der Waals surface area contributed by atoms with Gasteiger partial charge in [0.25, 0.3) is 0 Å². The molecular formula is C14H10Cl2N2O3. The van der Waals surface area contributed by atoms with Gasteiger partial charge in [-0.1, -0.05) is 35.3 Å². The largest absolute Gasteiger partial charge is 0.477 e. The summed E-state index contributed by atoms with van der Waals surface area (Å²) in [5, 5.41) is 12.1. The van der Waals surface area contributed by atoms with Crippen molar-refractivity contribution in [2.75, 3.05) is 5.32 Å². The Morgan fingerprint density at radius 2 is 1.90 bits per heavy atom. The van der Waals surface area contributed by atoms with E-state index in [-0.39, 0.29) is 23.8 Å². The summed E-state index contributed by atoms with van der Waals surface area (Å²) < 4.78 is 0. The number of carbonyl (C=O) groups excluding carboxylic acids is 1. The Morgan fingerprint density at radius 3 is 2.57 bits per heavy atom. The molecule has 5 nitrogen and oxygen atoms in total. The molecule has 0 fully saturated rings. The zero-order chi connectivity index (χ0) is 15.4. The molecule has 1 amide bonds. The van der Waals surface area contributed by atoms with Gasteiger partial charge >= 0.3 is 5.97 Å². The van der Waals surface area contributed by atoms with E-state index < -0.39 is 5.97 Å². The number of nitrogens with zero attached hydrogens (tertiary/aromatic N) is 1. The SMILES string of the molecule is O=C(Cc1ccc(Cl)c(Cl)c1)Nc1cccc(C(=O)O)n1. The lowest BCUT2D eigenvalue weighted by molar-refractivity contribution is -0.115. The van der Waals surface area contributed by atoms with Crippen molar-refractivity contribution < 1.29 is 14.7 Å². The maximum atomic E-state index is 11.9. The van der Waals surface area contributed by atoms with Gasteiger partial charge in [0.15, 0.2) is 5.69 Å². The molecule has 1 aromatic carbocycles. The van der Waals surface area contributed by atoms with Gasteiger partial charge in [0.05, 0.1) is 16.5 Å². The molecule has 0 unspecified atom stereocenters. The number of anilines is 1. The Kier molecular flexibility index (Phi) is 4.77. The zero-order valence-electron chi connectivity index (χ0n) is 10.6. The minimum atomic E-state index is -1.16. The third-order valence-corrected chi connectivity index (χ3v) is 3.32. The Balaban J connectivity index is 2.06. The van der Waals surface area contributed by atoms with Crippen molar-refractivity contribution in [2.45, 2.75) is 6.42 Å². The van der Waals surface area contributed by atoms with Gasteiger partial charge in [0.1, 0.15) is 5.82 Å². The molecule has 108 valence electrons. The molecule has 0 aliphatic rings. The number of pyridine rings is 1. The second-order valence-corrected chi connectivity index (χ2v) is 5.00.